The number of oxime groups is 1. The number of aryl methyl sites for hydroxylation is 1. The third-order valence-corrected chi connectivity index (χ3v) is 5.98. The summed E-state index contributed by atoms with van der Waals surface area (Å²) in [5.41, 5.74) is 6.30. The molecule has 2 N–H and O–H groups in total. The van der Waals surface area contributed by atoms with E-state index in [4.69, 9.17) is 4.98 Å². The van der Waals surface area contributed by atoms with Crippen molar-refractivity contribution >= 4 is 34.6 Å². The van der Waals surface area contributed by atoms with Crippen LogP contribution >= 0.6 is 11.8 Å². The lowest BCUT2D eigenvalue weighted by molar-refractivity contribution is 0.318. The minimum absolute atomic E-state index is 0.538. The molecule has 0 spiro atoms. The number of nitrogens with one attached hydrogen (secondary N) is 1. The average molecular weight is 427 g/mol. The summed E-state index contributed by atoms with van der Waals surface area (Å²) in [6.45, 7) is 0. The zero-order valence-corrected chi connectivity index (χ0v) is 17.4. The average Bonchev–Trinajstić information content (AvgIpc) is 3.39. The Morgan fingerprint density at radius 1 is 1.23 bits per heavy atom. The molecule has 9 heteroatoms. The molecule has 3 aromatic heterocycles. The van der Waals surface area contributed by atoms with Crippen LogP contribution in [0.1, 0.15) is 23.1 Å². The highest BCUT2D eigenvalue weighted by molar-refractivity contribution is 7.98. The molecule has 4 aromatic rings. The number of hydrogen-bond donors (Lipinski definition) is 2. The van der Waals surface area contributed by atoms with Crippen LogP contribution in [0.2, 0.25) is 0 Å². The first-order valence-electron chi connectivity index (χ1n) is 9.60. The van der Waals surface area contributed by atoms with Gasteiger partial charge in [-0.25, -0.2) is 9.97 Å². The van der Waals surface area contributed by atoms with Gasteiger partial charge in [-0.15, -0.1) is 11.8 Å². The monoisotopic (exact) mass is 427 g/mol. The molecule has 0 amide bonds. The van der Waals surface area contributed by atoms with Gasteiger partial charge in [-0.05, 0) is 48.9 Å². The molecule has 8 nitrogen and oxygen atoms in total. The molecule has 0 unspecified atom stereocenters. The molecule has 0 saturated carbocycles. The number of fused-ring (bicyclic) bond motifs is 2. The van der Waals surface area contributed by atoms with Gasteiger partial charge >= 0.3 is 0 Å². The Kier molecular flexibility index (Phi) is 4.76. The summed E-state index contributed by atoms with van der Waals surface area (Å²) in [4.78, 5) is 13.6. The van der Waals surface area contributed by atoms with Gasteiger partial charge in [0.25, 0.3) is 0 Å². The van der Waals surface area contributed by atoms with E-state index in [2.05, 4.69) is 32.6 Å². The Morgan fingerprint density at radius 3 is 2.94 bits per heavy atom. The van der Waals surface area contributed by atoms with Crippen LogP contribution in [0.3, 0.4) is 0 Å². The number of benzene rings is 1. The summed E-state index contributed by atoms with van der Waals surface area (Å²) in [7, 11) is 0. The zero-order valence-electron chi connectivity index (χ0n) is 16.6. The maximum atomic E-state index is 9.32. The molecule has 5 rings (SSSR count). The molecule has 0 atom stereocenters. The van der Waals surface area contributed by atoms with Gasteiger partial charge in [0, 0.05) is 23.6 Å². The van der Waals surface area contributed by atoms with Crippen molar-refractivity contribution < 1.29 is 5.21 Å². The van der Waals surface area contributed by atoms with Crippen molar-refractivity contribution in [1.82, 2.24) is 19.4 Å². The van der Waals surface area contributed by atoms with E-state index in [0.29, 0.717) is 27.6 Å². The number of rotatable bonds is 4. The first-order chi connectivity index (χ1) is 15.2. The number of imidazole rings is 1. The predicted octanol–water partition coefficient (Wildman–Crippen LogP) is 4.25. The van der Waals surface area contributed by atoms with E-state index in [0.717, 1.165) is 41.2 Å². The van der Waals surface area contributed by atoms with Crippen LogP contribution in [-0.4, -0.2) is 36.5 Å². The van der Waals surface area contributed by atoms with Gasteiger partial charge in [-0.1, -0.05) is 11.2 Å². The van der Waals surface area contributed by atoms with Crippen molar-refractivity contribution in [3.8, 4) is 17.5 Å². The van der Waals surface area contributed by atoms with E-state index < -0.39 is 0 Å². The highest BCUT2D eigenvalue weighted by Crippen LogP contribution is 2.33. The maximum Gasteiger partial charge on any atom is 0.157 e. The number of hydrogen-bond acceptors (Lipinski definition) is 8. The Hall–Kier alpha value is -3.90. The molecule has 1 aliphatic rings. The van der Waals surface area contributed by atoms with Gasteiger partial charge < -0.3 is 10.5 Å². The second-order valence-corrected chi connectivity index (χ2v) is 7.82. The van der Waals surface area contributed by atoms with Crippen LogP contribution in [0, 0.1) is 11.3 Å². The number of nitriles is 1. The van der Waals surface area contributed by atoms with Crippen molar-refractivity contribution in [3.05, 3.63) is 65.6 Å². The molecule has 0 radical (unpaired) electrons. The molecule has 31 heavy (non-hydrogen) atoms. The van der Waals surface area contributed by atoms with Crippen LogP contribution in [0.25, 0.3) is 17.0 Å². The van der Waals surface area contributed by atoms with Gasteiger partial charge in [0.2, 0.25) is 0 Å². The summed E-state index contributed by atoms with van der Waals surface area (Å²) in [5.74, 6) is 0.760. The van der Waals surface area contributed by atoms with Crippen LogP contribution in [0.5, 0.6) is 0 Å². The first-order valence-corrected chi connectivity index (χ1v) is 10.8. The third kappa shape index (κ3) is 3.27. The van der Waals surface area contributed by atoms with Gasteiger partial charge in [0.15, 0.2) is 5.65 Å². The molecule has 0 fully saturated rings. The fraction of sp³-hybridized carbons (Fsp3) is 0.136. The second kappa shape index (κ2) is 7.74. The van der Waals surface area contributed by atoms with E-state index in [9.17, 15) is 10.5 Å². The Bertz CT molecular complexity index is 1390. The first kappa shape index (κ1) is 19.1. The van der Waals surface area contributed by atoms with E-state index >= 15 is 0 Å². The predicted molar refractivity (Wildman–Crippen MR) is 119 cm³/mol. The second-order valence-electron chi connectivity index (χ2n) is 7.02. The highest BCUT2D eigenvalue weighted by atomic mass is 32.2. The smallest absolute Gasteiger partial charge is 0.157 e. The molecular weight excluding hydrogens is 410 g/mol. The van der Waals surface area contributed by atoms with Crippen molar-refractivity contribution in [1.29, 1.82) is 5.26 Å². The Labute approximate surface area is 182 Å². The number of thioether (sulfide) groups is 1. The van der Waals surface area contributed by atoms with Crippen LogP contribution in [0.4, 0.5) is 11.5 Å². The minimum atomic E-state index is 0.538. The Morgan fingerprint density at radius 2 is 2.13 bits per heavy atom. The maximum absolute atomic E-state index is 9.32. The largest absolute Gasteiger partial charge is 0.411 e. The summed E-state index contributed by atoms with van der Waals surface area (Å²) < 4.78 is 1.93. The van der Waals surface area contributed by atoms with Crippen LogP contribution in [0.15, 0.2) is 59.1 Å². The summed E-state index contributed by atoms with van der Waals surface area (Å²) >= 11 is 1.43. The number of aromatic nitrogens is 4. The molecule has 1 aliphatic carbocycles. The molecule has 0 bridgehead atoms. The molecular formula is C22H17N7OS. The standard InChI is InChI=1S/C22H17N7OS/c1-31-22-14(11-23)3-7-18(26-22)20-21(29-9-8-24-12-19(29)27-20)25-15-4-5-16-13(10-15)2-6-17(16)28-30/h3-5,7-10,12,25,30H,2,6H2,1H3/b28-17-. The third-order valence-electron chi connectivity index (χ3n) is 5.28. The van der Waals surface area contributed by atoms with Gasteiger partial charge in [-0.3, -0.25) is 9.38 Å². The van der Waals surface area contributed by atoms with E-state index in [1.807, 2.05) is 35.1 Å². The van der Waals surface area contributed by atoms with Gasteiger partial charge in [-0.2, -0.15) is 5.26 Å². The van der Waals surface area contributed by atoms with Crippen LogP contribution < -0.4 is 5.32 Å². The molecule has 1 aromatic carbocycles. The van der Waals surface area contributed by atoms with Crippen molar-refractivity contribution in [3.63, 3.8) is 0 Å². The lowest BCUT2D eigenvalue weighted by Gasteiger charge is -2.11. The zero-order chi connectivity index (χ0) is 21.4. The topological polar surface area (TPSA) is 111 Å². The van der Waals surface area contributed by atoms with Gasteiger partial charge in [0.05, 0.1) is 23.2 Å². The SMILES string of the molecule is CSc1nc(-c2nc3cnccn3c2Nc2ccc3c(c2)CC/C3=N/O)ccc1C#N. The minimum Gasteiger partial charge on any atom is -0.411 e. The number of pyridine rings is 1. The van der Waals surface area contributed by atoms with Crippen molar-refractivity contribution in [2.45, 2.75) is 17.9 Å². The molecule has 152 valence electrons. The van der Waals surface area contributed by atoms with Crippen molar-refractivity contribution in [2.75, 3.05) is 11.6 Å². The Balaban J connectivity index is 1.62. The number of nitrogens with zero attached hydrogens (tertiary/aromatic N) is 6. The lowest BCUT2D eigenvalue weighted by Crippen LogP contribution is -2.00. The molecule has 0 aliphatic heterocycles. The normalized spacial score (nSPS) is 14.0. The summed E-state index contributed by atoms with van der Waals surface area (Å²) in [6.07, 6.45) is 8.71. The summed E-state index contributed by atoms with van der Waals surface area (Å²) in [6, 6.07) is 11.7. The van der Waals surface area contributed by atoms with Gasteiger partial charge in [0.1, 0.15) is 22.6 Å². The fourth-order valence-corrected chi connectivity index (χ4v) is 4.33. The van der Waals surface area contributed by atoms with E-state index in [1.54, 1.807) is 18.5 Å². The number of anilines is 2. The fourth-order valence-electron chi connectivity index (χ4n) is 3.81. The lowest BCUT2D eigenvalue weighted by atomic mass is 10.1. The van der Waals surface area contributed by atoms with E-state index in [1.165, 1.54) is 11.8 Å². The summed E-state index contributed by atoms with van der Waals surface area (Å²) in [5, 5.41) is 26.0. The van der Waals surface area contributed by atoms with Crippen LogP contribution in [-0.2, 0) is 6.42 Å². The quantitative estimate of drug-likeness (QED) is 0.284. The molecule has 3 heterocycles. The highest BCUT2D eigenvalue weighted by Gasteiger charge is 2.20. The van der Waals surface area contributed by atoms with E-state index in [-0.39, 0.29) is 0 Å². The van der Waals surface area contributed by atoms with Crippen molar-refractivity contribution in [2.24, 2.45) is 5.16 Å². The molecule has 0 saturated heterocycles.